The minimum Gasteiger partial charge on any atom is -0.508 e. The Morgan fingerprint density at radius 2 is 2.29 bits per heavy atom. The molecule has 1 aromatic rings. The lowest BCUT2D eigenvalue weighted by atomic mass is 10.1. The Balaban J connectivity index is 2.10. The molecule has 0 radical (unpaired) electrons. The molecule has 0 saturated carbocycles. The maximum Gasteiger partial charge on any atom is 0.120 e. The molecule has 1 unspecified atom stereocenters. The van der Waals surface area contributed by atoms with E-state index in [1.54, 1.807) is 18.2 Å². The van der Waals surface area contributed by atoms with Crippen molar-refractivity contribution < 1.29 is 14.9 Å². The number of hydrogen-bond donors (Lipinski definition) is 3. The third kappa shape index (κ3) is 2.88. The molecule has 0 amide bonds. The number of nitrogens with zero attached hydrogens (tertiary/aromatic N) is 1. The first-order chi connectivity index (χ1) is 8.20. The molecule has 17 heavy (non-hydrogen) atoms. The predicted molar refractivity (Wildman–Crippen MR) is 64.6 cm³/mol. The molecule has 0 aromatic heterocycles. The Morgan fingerprint density at radius 1 is 1.47 bits per heavy atom. The Kier molecular flexibility index (Phi) is 3.83. The average Bonchev–Trinajstić information content (AvgIpc) is 2.34. The van der Waals surface area contributed by atoms with Crippen molar-refractivity contribution >= 4 is 5.69 Å². The van der Waals surface area contributed by atoms with E-state index in [0.29, 0.717) is 25.4 Å². The summed E-state index contributed by atoms with van der Waals surface area (Å²) in [4.78, 5) is 2.10. The topological polar surface area (TPSA) is 79.0 Å². The molecular formula is C12H18N2O3. The molecule has 0 bridgehead atoms. The van der Waals surface area contributed by atoms with Crippen molar-refractivity contribution in [2.45, 2.75) is 12.6 Å². The van der Waals surface area contributed by atoms with Gasteiger partial charge >= 0.3 is 0 Å². The predicted octanol–water partition coefficient (Wildman–Crippen LogP) is 0.167. The van der Waals surface area contributed by atoms with Gasteiger partial charge in [-0.15, -0.1) is 0 Å². The Morgan fingerprint density at radius 3 is 3.06 bits per heavy atom. The average molecular weight is 238 g/mol. The van der Waals surface area contributed by atoms with E-state index in [2.05, 4.69) is 4.90 Å². The fourth-order valence-corrected chi connectivity index (χ4v) is 2.02. The first kappa shape index (κ1) is 12.2. The number of anilines is 1. The zero-order valence-corrected chi connectivity index (χ0v) is 9.67. The van der Waals surface area contributed by atoms with Crippen LogP contribution in [0.4, 0.5) is 5.69 Å². The van der Waals surface area contributed by atoms with Gasteiger partial charge in [0.1, 0.15) is 5.75 Å². The summed E-state index contributed by atoms with van der Waals surface area (Å²) in [6.45, 7) is 2.56. The number of ether oxygens (including phenoxy) is 1. The molecule has 1 atom stereocenters. The van der Waals surface area contributed by atoms with Crippen molar-refractivity contribution in [2.24, 2.45) is 0 Å². The van der Waals surface area contributed by atoms with Gasteiger partial charge in [-0.05, 0) is 18.2 Å². The van der Waals surface area contributed by atoms with E-state index in [9.17, 15) is 10.2 Å². The van der Waals surface area contributed by atoms with Crippen LogP contribution in [0.5, 0.6) is 5.75 Å². The quantitative estimate of drug-likeness (QED) is 0.516. The Hall–Kier alpha value is -1.30. The van der Waals surface area contributed by atoms with E-state index in [1.165, 1.54) is 0 Å². The monoisotopic (exact) mass is 238 g/mol. The standard InChI is InChI=1S/C12H18N2O3/c13-10-1-2-12(16)9(5-10)6-14-3-4-17-8-11(14)7-15/h1-2,5,11,15-16H,3-4,6-8,13H2. The van der Waals surface area contributed by atoms with Crippen LogP contribution in [-0.2, 0) is 11.3 Å². The molecule has 5 nitrogen and oxygen atoms in total. The number of aliphatic hydroxyl groups excluding tert-OH is 1. The summed E-state index contributed by atoms with van der Waals surface area (Å²) in [5.41, 5.74) is 7.11. The second kappa shape index (κ2) is 5.35. The van der Waals surface area contributed by atoms with Gasteiger partial charge in [-0.3, -0.25) is 4.90 Å². The number of benzene rings is 1. The van der Waals surface area contributed by atoms with Crippen molar-refractivity contribution in [3.05, 3.63) is 23.8 Å². The number of aromatic hydroxyl groups is 1. The van der Waals surface area contributed by atoms with Crippen molar-refractivity contribution in [2.75, 3.05) is 32.1 Å². The highest BCUT2D eigenvalue weighted by molar-refractivity contribution is 5.47. The fourth-order valence-electron chi connectivity index (χ4n) is 2.02. The van der Waals surface area contributed by atoms with Crippen LogP contribution < -0.4 is 5.73 Å². The molecule has 1 aliphatic heterocycles. The lowest BCUT2D eigenvalue weighted by molar-refractivity contribution is -0.0314. The zero-order valence-electron chi connectivity index (χ0n) is 9.67. The van der Waals surface area contributed by atoms with E-state index < -0.39 is 0 Å². The van der Waals surface area contributed by atoms with E-state index in [-0.39, 0.29) is 18.4 Å². The third-order valence-corrected chi connectivity index (χ3v) is 3.04. The van der Waals surface area contributed by atoms with Gasteiger partial charge < -0.3 is 20.7 Å². The van der Waals surface area contributed by atoms with Crippen LogP contribution in [0.15, 0.2) is 18.2 Å². The molecule has 4 N–H and O–H groups in total. The van der Waals surface area contributed by atoms with Gasteiger partial charge in [0.2, 0.25) is 0 Å². The molecule has 0 spiro atoms. The summed E-state index contributed by atoms with van der Waals surface area (Å²) in [5, 5.41) is 19.0. The normalized spacial score (nSPS) is 21.6. The summed E-state index contributed by atoms with van der Waals surface area (Å²) in [6, 6.07) is 5.02. The number of nitrogens with two attached hydrogens (primary N) is 1. The minimum atomic E-state index is -0.00965. The van der Waals surface area contributed by atoms with Crippen LogP contribution in [-0.4, -0.2) is 47.5 Å². The van der Waals surface area contributed by atoms with Crippen molar-refractivity contribution in [1.82, 2.24) is 4.90 Å². The Bertz CT molecular complexity index is 384. The van der Waals surface area contributed by atoms with Crippen molar-refractivity contribution in [1.29, 1.82) is 0 Å². The molecule has 1 heterocycles. The molecule has 2 rings (SSSR count). The molecule has 94 valence electrons. The summed E-state index contributed by atoms with van der Waals surface area (Å²) in [5.74, 6) is 0.238. The highest BCUT2D eigenvalue weighted by Crippen LogP contribution is 2.23. The van der Waals surface area contributed by atoms with Crippen LogP contribution >= 0.6 is 0 Å². The first-order valence-corrected chi connectivity index (χ1v) is 5.70. The number of phenolic OH excluding ortho intramolecular Hbond substituents is 1. The summed E-state index contributed by atoms with van der Waals surface area (Å²) < 4.78 is 5.31. The highest BCUT2D eigenvalue weighted by Gasteiger charge is 2.22. The van der Waals surface area contributed by atoms with Gasteiger partial charge in [-0.2, -0.15) is 0 Å². The van der Waals surface area contributed by atoms with E-state index in [0.717, 1.165) is 12.1 Å². The van der Waals surface area contributed by atoms with Gasteiger partial charge in [0.25, 0.3) is 0 Å². The largest absolute Gasteiger partial charge is 0.508 e. The van der Waals surface area contributed by atoms with Crippen LogP contribution in [0, 0.1) is 0 Å². The first-order valence-electron chi connectivity index (χ1n) is 5.70. The van der Waals surface area contributed by atoms with Gasteiger partial charge in [0.05, 0.1) is 25.9 Å². The van der Waals surface area contributed by atoms with Crippen molar-refractivity contribution in [3.63, 3.8) is 0 Å². The zero-order chi connectivity index (χ0) is 12.3. The lowest BCUT2D eigenvalue weighted by Gasteiger charge is -2.34. The number of aliphatic hydroxyl groups is 1. The number of morpholine rings is 1. The molecule has 0 aliphatic carbocycles. The number of nitrogen functional groups attached to an aromatic ring is 1. The second-order valence-corrected chi connectivity index (χ2v) is 4.27. The van der Waals surface area contributed by atoms with Gasteiger partial charge in [-0.1, -0.05) is 0 Å². The molecule has 1 aromatic carbocycles. The number of phenols is 1. The number of hydrogen-bond acceptors (Lipinski definition) is 5. The van der Waals surface area contributed by atoms with Gasteiger partial charge in [0.15, 0.2) is 0 Å². The van der Waals surface area contributed by atoms with Crippen LogP contribution in [0.25, 0.3) is 0 Å². The van der Waals surface area contributed by atoms with Crippen LogP contribution in [0.3, 0.4) is 0 Å². The SMILES string of the molecule is Nc1ccc(O)c(CN2CCOCC2CO)c1. The summed E-state index contributed by atoms with van der Waals surface area (Å²) in [7, 11) is 0. The second-order valence-electron chi connectivity index (χ2n) is 4.27. The maximum atomic E-state index is 9.75. The summed E-state index contributed by atoms with van der Waals surface area (Å²) in [6.07, 6.45) is 0. The smallest absolute Gasteiger partial charge is 0.120 e. The van der Waals surface area contributed by atoms with E-state index >= 15 is 0 Å². The fraction of sp³-hybridized carbons (Fsp3) is 0.500. The number of rotatable bonds is 3. The summed E-state index contributed by atoms with van der Waals surface area (Å²) >= 11 is 0. The molecule has 1 saturated heterocycles. The van der Waals surface area contributed by atoms with E-state index in [4.69, 9.17) is 10.5 Å². The Labute approximate surface area is 100 Å². The molecule has 5 heteroatoms. The molecular weight excluding hydrogens is 220 g/mol. The molecule has 1 fully saturated rings. The van der Waals surface area contributed by atoms with Crippen molar-refractivity contribution in [3.8, 4) is 5.75 Å². The van der Waals surface area contributed by atoms with Crippen LogP contribution in [0.1, 0.15) is 5.56 Å². The van der Waals surface area contributed by atoms with Gasteiger partial charge in [0, 0.05) is 24.3 Å². The lowest BCUT2D eigenvalue weighted by Crippen LogP contribution is -2.46. The third-order valence-electron chi connectivity index (χ3n) is 3.04. The van der Waals surface area contributed by atoms with E-state index in [1.807, 2.05) is 0 Å². The maximum absolute atomic E-state index is 9.75. The minimum absolute atomic E-state index is 0.00965. The van der Waals surface area contributed by atoms with Crippen LogP contribution in [0.2, 0.25) is 0 Å². The molecule has 1 aliphatic rings. The van der Waals surface area contributed by atoms with Gasteiger partial charge in [-0.25, -0.2) is 0 Å². The highest BCUT2D eigenvalue weighted by atomic mass is 16.5.